The molecule has 20 heavy (non-hydrogen) atoms. The molecular weight excluding hydrogens is 284 g/mol. The summed E-state index contributed by atoms with van der Waals surface area (Å²) in [4.78, 5) is 24.1. The highest BCUT2D eigenvalue weighted by Gasteiger charge is 2.23. The summed E-state index contributed by atoms with van der Waals surface area (Å²) in [5, 5.41) is 16.5. The number of benzene rings is 1. The van der Waals surface area contributed by atoms with Crippen molar-refractivity contribution in [2.75, 3.05) is 32.0 Å². The Morgan fingerprint density at radius 1 is 1.50 bits per heavy atom. The summed E-state index contributed by atoms with van der Waals surface area (Å²) in [6.07, 6.45) is 0. The zero-order chi connectivity index (χ0) is 13.8. The third kappa shape index (κ3) is 3.89. The van der Waals surface area contributed by atoms with Crippen LogP contribution in [0.15, 0.2) is 24.3 Å². The van der Waals surface area contributed by atoms with Gasteiger partial charge < -0.3 is 10.6 Å². The number of hydrogen-bond donors (Lipinski definition) is 2. The third-order valence-electron chi connectivity index (χ3n) is 3.15. The zero-order valence-electron chi connectivity index (χ0n) is 11.0. The SMILES string of the molecule is CN(CC(=O)Nc1ccccc1[N+](=O)[O-])C1CNC1.Cl. The van der Waals surface area contributed by atoms with Crippen molar-refractivity contribution in [2.45, 2.75) is 6.04 Å². The monoisotopic (exact) mass is 300 g/mol. The van der Waals surface area contributed by atoms with Crippen LogP contribution in [0.3, 0.4) is 0 Å². The first kappa shape index (κ1) is 16.4. The molecule has 1 amide bonds. The van der Waals surface area contributed by atoms with Crippen molar-refractivity contribution in [1.29, 1.82) is 0 Å². The van der Waals surface area contributed by atoms with Crippen LogP contribution in [0.2, 0.25) is 0 Å². The van der Waals surface area contributed by atoms with Gasteiger partial charge in [0.2, 0.25) is 5.91 Å². The lowest BCUT2D eigenvalue weighted by Crippen LogP contribution is -2.57. The van der Waals surface area contributed by atoms with Crippen LogP contribution in [-0.4, -0.2) is 48.5 Å². The van der Waals surface area contributed by atoms with Gasteiger partial charge in [-0.15, -0.1) is 12.4 Å². The Balaban J connectivity index is 0.00000200. The van der Waals surface area contributed by atoms with Gasteiger partial charge >= 0.3 is 0 Å². The number of carbonyl (C=O) groups excluding carboxylic acids is 1. The van der Waals surface area contributed by atoms with Gasteiger partial charge in [0.1, 0.15) is 5.69 Å². The van der Waals surface area contributed by atoms with Crippen molar-refractivity contribution in [1.82, 2.24) is 10.2 Å². The maximum absolute atomic E-state index is 11.8. The number of nitro groups is 1. The highest BCUT2D eigenvalue weighted by Crippen LogP contribution is 2.22. The van der Waals surface area contributed by atoms with Gasteiger partial charge in [0.05, 0.1) is 11.5 Å². The molecule has 0 radical (unpaired) electrons. The van der Waals surface area contributed by atoms with E-state index < -0.39 is 4.92 Å². The molecular formula is C12H17ClN4O3. The fourth-order valence-corrected chi connectivity index (χ4v) is 1.87. The number of halogens is 1. The number of nitrogens with one attached hydrogen (secondary N) is 2. The number of nitrogens with zero attached hydrogens (tertiary/aromatic N) is 2. The smallest absolute Gasteiger partial charge is 0.292 e. The topological polar surface area (TPSA) is 87.5 Å². The maximum atomic E-state index is 11.8. The predicted molar refractivity (Wildman–Crippen MR) is 78.3 cm³/mol. The van der Waals surface area contributed by atoms with E-state index in [0.717, 1.165) is 13.1 Å². The minimum Gasteiger partial charge on any atom is -0.319 e. The van der Waals surface area contributed by atoms with Crippen LogP contribution in [0.25, 0.3) is 0 Å². The molecule has 7 nitrogen and oxygen atoms in total. The molecule has 0 unspecified atom stereocenters. The van der Waals surface area contributed by atoms with Crippen LogP contribution < -0.4 is 10.6 Å². The molecule has 0 aliphatic carbocycles. The van der Waals surface area contributed by atoms with Gasteiger partial charge in [0, 0.05) is 25.2 Å². The second-order valence-corrected chi connectivity index (χ2v) is 4.55. The molecule has 0 atom stereocenters. The Hall–Kier alpha value is -1.70. The van der Waals surface area contributed by atoms with Gasteiger partial charge in [0.25, 0.3) is 5.69 Å². The van der Waals surface area contributed by atoms with Crippen molar-refractivity contribution in [3.8, 4) is 0 Å². The second kappa shape index (κ2) is 7.18. The summed E-state index contributed by atoms with van der Waals surface area (Å²) in [7, 11) is 1.87. The van der Waals surface area contributed by atoms with Crippen LogP contribution in [0, 0.1) is 10.1 Å². The first-order valence-electron chi connectivity index (χ1n) is 6.02. The molecule has 0 saturated carbocycles. The predicted octanol–water partition coefficient (Wildman–Crippen LogP) is 0.859. The summed E-state index contributed by atoms with van der Waals surface area (Å²) >= 11 is 0. The number of hydrogen-bond acceptors (Lipinski definition) is 5. The lowest BCUT2D eigenvalue weighted by Gasteiger charge is -2.35. The molecule has 2 rings (SSSR count). The molecule has 2 N–H and O–H groups in total. The summed E-state index contributed by atoms with van der Waals surface area (Å²) in [6.45, 7) is 1.96. The molecule has 0 aromatic heterocycles. The largest absolute Gasteiger partial charge is 0.319 e. The van der Waals surface area contributed by atoms with E-state index in [4.69, 9.17) is 0 Å². The van der Waals surface area contributed by atoms with E-state index in [1.807, 2.05) is 11.9 Å². The Labute approximate surface area is 122 Å². The molecule has 0 spiro atoms. The number of carbonyl (C=O) groups is 1. The van der Waals surface area contributed by atoms with E-state index in [1.54, 1.807) is 12.1 Å². The first-order chi connectivity index (χ1) is 9.08. The summed E-state index contributed by atoms with van der Waals surface area (Å²) < 4.78 is 0. The highest BCUT2D eigenvalue weighted by molar-refractivity contribution is 5.94. The van der Waals surface area contributed by atoms with E-state index in [9.17, 15) is 14.9 Å². The van der Waals surface area contributed by atoms with Crippen molar-refractivity contribution in [2.24, 2.45) is 0 Å². The molecule has 1 saturated heterocycles. The van der Waals surface area contributed by atoms with E-state index in [0.29, 0.717) is 6.04 Å². The van der Waals surface area contributed by atoms with Crippen LogP contribution in [0.5, 0.6) is 0 Å². The Kier molecular flexibility index (Phi) is 5.87. The standard InChI is InChI=1S/C12H16N4O3.ClH/c1-15(9-6-13-7-9)8-12(17)14-10-4-2-3-5-11(10)16(18)19;/h2-5,9,13H,6-8H2,1H3,(H,14,17);1H. The van der Waals surface area contributed by atoms with Crippen LogP contribution in [0.1, 0.15) is 0 Å². The number of para-hydroxylation sites is 2. The average Bonchev–Trinajstić information content (AvgIpc) is 2.26. The second-order valence-electron chi connectivity index (χ2n) is 4.55. The van der Waals surface area contributed by atoms with Crippen LogP contribution >= 0.6 is 12.4 Å². The van der Waals surface area contributed by atoms with Crippen molar-refractivity contribution in [3.05, 3.63) is 34.4 Å². The van der Waals surface area contributed by atoms with E-state index >= 15 is 0 Å². The molecule has 1 aromatic carbocycles. The summed E-state index contributed by atoms with van der Waals surface area (Å²) in [6, 6.07) is 6.48. The number of anilines is 1. The van der Waals surface area contributed by atoms with Crippen molar-refractivity contribution < 1.29 is 9.72 Å². The molecule has 8 heteroatoms. The molecule has 1 heterocycles. The minimum atomic E-state index is -0.505. The minimum absolute atomic E-state index is 0. The molecule has 0 bridgehead atoms. The molecule has 1 aliphatic heterocycles. The van der Waals surface area contributed by atoms with Crippen LogP contribution in [0.4, 0.5) is 11.4 Å². The van der Waals surface area contributed by atoms with E-state index in [2.05, 4.69) is 10.6 Å². The molecule has 110 valence electrons. The van der Waals surface area contributed by atoms with Gasteiger partial charge in [0.15, 0.2) is 0 Å². The molecule has 1 fully saturated rings. The third-order valence-corrected chi connectivity index (χ3v) is 3.15. The van der Waals surface area contributed by atoms with Crippen molar-refractivity contribution >= 4 is 29.7 Å². The number of nitro benzene ring substituents is 1. The summed E-state index contributed by atoms with van der Waals surface area (Å²) in [5.74, 6) is -0.247. The quantitative estimate of drug-likeness (QED) is 0.622. The Morgan fingerprint density at radius 3 is 2.70 bits per heavy atom. The molecule has 1 aromatic rings. The van der Waals surface area contributed by atoms with Crippen molar-refractivity contribution in [3.63, 3.8) is 0 Å². The normalized spacial score (nSPS) is 14.3. The lowest BCUT2D eigenvalue weighted by molar-refractivity contribution is -0.383. The first-order valence-corrected chi connectivity index (χ1v) is 6.02. The highest BCUT2D eigenvalue weighted by atomic mass is 35.5. The number of amides is 1. The fraction of sp³-hybridized carbons (Fsp3) is 0.417. The van der Waals surface area contributed by atoms with E-state index in [1.165, 1.54) is 12.1 Å². The number of likely N-dealkylation sites (N-methyl/N-ethyl adjacent to an activating group) is 1. The Bertz CT molecular complexity index is 493. The Morgan fingerprint density at radius 2 is 2.15 bits per heavy atom. The maximum Gasteiger partial charge on any atom is 0.292 e. The van der Waals surface area contributed by atoms with Gasteiger partial charge in [-0.1, -0.05) is 12.1 Å². The van der Waals surface area contributed by atoms with Gasteiger partial charge in [-0.25, -0.2) is 0 Å². The van der Waals surface area contributed by atoms with Crippen LogP contribution in [-0.2, 0) is 4.79 Å². The zero-order valence-corrected chi connectivity index (χ0v) is 11.9. The molecule has 1 aliphatic rings. The van der Waals surface area contributed by atoms with Gasteiger partial charge in [-0.2, -0.15) is 0 Å². The van der Waals surface area contributed by atoms with Gasteiger partial charge in [-0.3, -0.25) is 19.8 Å². The number of rotatable bonds is 5. The fourth-order valence-electron chi connectivity index (χ4n) is 1.87. The summed E-state index contributed by atoms with van der Waals surface area (Å²) in [5.41, 5.74) is 0.140. The lowest BCUT2D eigenvalue weighted by atomic mass is 10.1. The van der Waals surface area contributed by atoms with E-state index in [-0.39, 0.29) is 36.2 Å². The van der Waals surface area contributed by atoms with Gasteiger partial charge in [-0.05, 0) is 13.1 Å². The average molecular weight is 301 g/mol.